The van der Waals surface area contributed by atoms with E-state index in [2.05, 4.69) is 0 Å². The molecule has 1 unspecified atom stereocenters. The van der Waals surface area contributed by atoms with E-state index >= 15 is 0 Å². The number of rotatable bonds is 4. The minimum Gasteiger partial charge on any atom is -0.479 e. The molecule has 1 saturated carbocycles. The highest BCUT2D eigenvalue weighted by atomic mass is 16.4. The van der Waals surface area contributed by atoms with Crippen molar-refractivity contribution in [2.75, 3.05) is 0 Å². The first-order valence-electron chi connectivity index (χ1n) is 5.70. The second-order valence-corrected chi connectivity index (χ2v) is 5.42. The molecule has 1 rings (SSSR count). The molecule has 0 spiro atoms. The summed E-state index contributed by atoms with van der Waals surface area (Å²) in [4.78, 5) is 24.7. The summed E-state index contributed by atoms with van der Waals surface area (Å²) in [5, 5.41) is 9.48. The minimum atomic E-state index is -1.09. The van der Waals surface area contributed by atoms with E-state index in [-0.39, 0.29) is 17.4 Å². The molecule has 0 heterocycles. The van der Waals surface area contributed by atoms with E-state index in [0.717, 1.165) is 12.8 Å². The Kier molecular flexibility index (Phi) is 3.05. The van der Waals surface area contributed by atoms with Crippen LogP contribution in [0.25, 0.3) is 0 Å². The standard InChI is InChI=1S/C12H21NO3/c1-8(2)13(9(3)14)12(5,10(15)16)11(4)6-7-11/h8H,6-7H2,1-5H3,(H,15,16). The van der Waals surface area contributed by atoms with E-state index in [0.29, 0.717) is 0 Å². The van der Waals surface area contributed by atoms with E-state index in [1.165, 1.54) is 11.8 Å². The van der Waals surface area contributed by atoms with Crippen LogP contribution in [0.1, 0.15) is 47.5 Å². The van der Waals surface area contributed by atoms with Gasteiger partial charge in [0.2, 0.25) is 5.91 Å². The molecule has 0 aromatic rings. The van der Waals surface area contributed by atoms with Crippen LogP contribution in [0.15, 0.2) is 0 Å². The van der Waals surface area contributed by atoms with Gasteiger partial charge in [0.15, 0.2) is 0 Å². The monoisotopic (exact) mass is 227 g/mol. The molecule has 0 aliphatic heterocycles. The molecule has 0 aromatic heterocycles. The minimum absolute atomic E-state index is 0.101. The van der Waals surface area contributed by atoms with Crippen LogP contribution >= 0.6 is 0 Å². The Labute approximate surface area is 96.6 Å². The lowest BCUT2D eigenvalue weighted by Crippen LogP contribution is -2.61. The highest BCUT2D eigenvalue weighted by molar-refractivity contribution is 5.87. The summed E-state index contributed by atoms with van der Waals surface area (Å²) in [5.74, 6) is -1.08. The Balaban J connectivity index is 3.19. The van der Waals surface area contributed by atoms with Gasteiger partial charge in [0.1, 0.15) is 5.54 Å². The lowest BCUT2D eigenvalue weighted by Gasteiger charge is -2.44. The van der Waals surface area contributed by atoms with Gasteiger partial charge in [-0.1, -0.05) is 6.92 Å². The van der Waals surface area contributed by atoms with Gasteiger partial charge in [-0.3, -0.25) is 4.79 Å². The van der Waals surface area contributed by atoms with Crippen molar-refractivity contribution < 1.29 is 14.7 Å². The first-order chi connectivity index (χ1) is 7.17. The predicted molar refractivity (Wildman–Crippen MR) is 61.0 cm³/mol. The Morgan fingerprint density at radius 1 is 1.38 bits per heavy atom. The number of hydrogen-bond donors (Lipinski definition) is 1. The maximum atomic E-state index is 11.7. The van der Waals surface area contributed by atoms with E-state index in [9.17, 15) is 14.7 Å². The van der Waals surface area contributed by atoms with Crippen molar-refractivity contribution in [3.8, 4) is 0 Å². The molecule has 0 radical (unpaired) electrons. The summed E-state index contributed by atoms with van der Waals surface area (Å²) in [5.41, 5.74) is -1.37. The summed E-state index contributed by atoms with van der Waals surface area (Å²) in [7, 11) is 0. The summed E-state index contributed by atoms with van der Waals surface area (Å²) in [6.45, 7) is 8.76. The highest BCUT2D eigenvalue weighted by Crippen LogP contribution is 2.56. The molecule has 1 amide bonds. The van der Waals surface area contributed by atoms with E-state index in [1.54, 1.807) is 6.92 Å². The molecule has 16 heavy (non-hydrogen) atoms. The van der Waals surface area contributed by atoms with Crippen LogP contribution in [-0.2, 0) is 9.59 Å². The molecule has 1 aliphatic rings. The summed E-state index contributed by atoms with van der Waals surface area (Å²) < 4.78 is 0. The zero-order valence-electron chi connectivity index (χ0n) is 10.7. The molecule has 1 fully saturated rings. The van der Waals surface area contributed by atoms with Gasteiger partial charge in [0.05, 0.1) is 0 Å². The first-order valence-corrected chi connectivity index (χ1v) is 5.70. The first kappa shape index (κ1) is 13.0. The number of carboxylic acid groups (broad SMARTS) is 1. The van der Waals surface area contributed by atoms with Crippen molar-refractivity contribution in [2.45, 2.75) is 59.0 Å². The fraction of sp³-hybridized carbons (Fsp3) is 0.833. The van der Waals surface area contributed by atoms with Crippen LogP contribution in [0.4, 0.5) is 0 Å². The number of hydrogen-bond acceptors (Lipinski definition) is 2. The fourth-order valence-corrected chi connectivity index (χ4v) is 2.52. The topological polar surface area (TPSA) is 57.6 Å². The molecule has 0 bridgehead atoms. The molecular formula is C12H21NO3. The Bertz CT molecular complexity index is 320. The average Bonchev–Trinajstić information content (AvgIpc) is 2.82. The fourth-order valence-electron chi connectivity index (χ4n) is 2.52. The second-order valence-electron chi connectivity index (χ2n) is 5.42. The lowest BCUT2D eigenvalue weighted by atomic mass is 9.81. The molecule has 1 N–H and O–H groups in total. The third-order valence-corrected chi connectivity index (χ3v) is 3.93. The smallest absolute Gasteiger partial charge is 0.329 e. The van der Waals surface area contributed by atoms with Gasteiger partial charge in [0.25, 0.3) is 0 Å². The zero-order chi connectivity index (χ0) is 12.7. The number of carbonyl (C=O) groups excluding carboxylic acids is 1. The quantitative estimate of drug-likeness (QED) is 0.797. The maximum Gasteiger partial charge on any atom is 0.329 e. The van der Waals surface area contributed by atoms with Gasteiger partial charge < -0.3 is 10.0 Å². The highest BCUT2D eigenvalue weighted by Gasteiger charge is 2.61. The van der Waals surface area contributed by atoms with Gasteiger partial charge in [0, 0.05) is 18.4 Å². The largest absolute Gasteiger partial charge is 0.479 e. The molecule has 1 aliphatic carbocycles. The van der Waals surface area contributed by atoms with Crippen LogP contribution < -0.4 is 0 Å². The third kappa shape index (κ3) is 1.70. The summed E-state index contributed by atoms with van der Waals surface area (Å²) in [6.07, 6.45) is 1.73. The number of nitrogens with zero attached hydrogens (tertiary/aromatic N) is 1. The van der Waals surface area contributed by atoms with Gasteiger partial charge >= 0.3 is 5.97 Å². The predicted octanol–water partition coefficient (Wildman–Crippen LogP) is 1.89. The summed E-state index contributed by atoms with van der Waals surface area (Å²) >= 11 is 0. The van der Waals surface area contributed by atoms with Crippen molar-refractivity contribution in [3.05, 3.63) is 0 Å². The molecule has 0 aromatic carbocycles. The summed E-state index contributed by atoms with van der Waals surface area (Å²) in [6, 6.07) is -0.101. The third-order valence-electron chi connectivity index (χ3n) is 3.93. The number of amides is 1. The van der Waals surface area contributed by atoms with Gasteiger partial charge in [-0.15, -0.1) is 0 Å². The van der Waals surface area contributed by atoms with Crippen LogP contribution in [0, 0.1) is 5.41 Å². The van der Waals surface area contributed by atoms with Crippen molar-refractivity contribution in [1.82, 2.24) is 4.90 Å². The molecule has 4 nitrogen and oxygen atoms in total. The Morgan fingerprint density at radius 2 is 1.81 bits per heavy atom. The average molecular weight is 227 g/mol. The van der Waals surface area contributed by atoms with E-state index < -0.39 is 11.5 Å². The number of aliphatic carboxylic acids is 1. The molecule has 4 heteroatoms. The van der Waals surface area contributed by atoms with Gasteiger partial charge in [-0.2, -0.15) is 0 Å². The molecule has 0 saturated heterocycles. The van der Waals surface area contributed by atoms with Crippen molar-refractivity contribution in [3.63, 3.8) is 0 Å². The van der Waals surface area contributed by atoms with Crippen LogP contribution in [0.5, 0.6) is 0 Å². The van der Waals surface area contributed by atoms with E-state index in [1.807, 2.05) is 20.8 Å². The van der Waals surface area contributed by atoms with Gasteiger partial charge in [-0.25, -0.2) is 4.79 Å². The van der Waals surface area contributed by atoms with Crippen molar-refractivity contribution in [1.29, 1.82) is 0 Å². The van der Waals surface area contributed by atoms with Crippen molar-refractivity contribution >= 4 is 11.9 Å². The van der Waals surface area contributed by atoms with Crippen LogP contribution in [0.3, 0.4) is 0 Å². The SMILES string of the molecule is CC(=O)N(C(C)C)C(C)(C(=O)O)C1(C)CC1. The second kappa shape index (κ2) is 3.75. The normalized spacial score (nSPS) is 21.4. The molecular weight excluding hydrogens is 206 g/mol. The van der Waals surface area contributed by atoms with Crippen LogP contribution in [0.2, 0.25) is 0 Å². The maximum absolute atomic E-state index is 11.7. The number of carbonyl (C=O) groups is 2. The zero-order valence-corrected chi connectivity index (χ0v) is 10.7. The van der Waals surface area contributed by atoms with Crippen molar-refractivity contribution in [2.24, 2.45) is 5.41 Å². The molecule has 1 atom stereocenters. The Morgan fingerprint density at radius 3 is 2.00 bits per heavy atom. The Hall–Kier alpha value is -1.06. The van der Waals surface area contributed by atoms with Crippen LogP contribution in [-0.4, -0.2) is 33.5 Å². The van der Waals surface area contributed by atoms with E-state index in [4.69, 9.17) is 0 Å². The van der Waals surface area contributed by atoms with Gasteiger partial charge in [-0.05, 0) is 33.6 Å². The molecule has 92 valence electrons. The number of carboxylic acids is 1. The lowest BCUT2D eigenvalue weighted by molar-refractivity contribution is -0.165.